The Hall–Kier alpha value is -3.26. The molecule has 1 heterocycles. The molecule has 14 nitrogen and oxygen atoms in total. The van der Waals surface area contributed by atoms with Crippen LogP contribution in [0.4, 0.5) is 4.79 Å². The van der Waals surface area contributed by atoms with Gasteiger partial charge in [0.2, 0.25) is 11.8 Å². The van der Waals surface area contributed by atoms with Crippen LogP contribution in [0.3, 0.4) is 0 Å². The number of aliphatic carboxylic acids is 2. The zero-order chi connectivity index (χ0) is 21.9. The number of aromatic nitrogens is 2. The summed E-state index contributed by atoms with van der Waals surface area (Å²) >= 11 is 0. The minimum Gasteiger partial charge on any atom is -0.481 e. The molecule has 28 heavy (non-hydrogen) atoms. The lowest BCUT2D eigenvalue weighted by Gasteiger charge is -2.16. The maximum Gasteiger partial charge on any atom is 0.328 e. The first-order valence-corrected chi connectivity index (χ1v) is 7.95. The van der Waals surface area contributed by atoms with E-state index in [0.717, 1.165) is 0 Å². The van der Waals surface area contributed by atoms with Gasteiger partial charge in [-0.15, -0.1) is 0 Å². The molecule has 0 saturated heterocycles. The van der Waals surface area contributed by atoms with E-state index in [1.54, 1.807) is 0 Å². The van der Waals surface area contributed by atoms with Gasteiger partial charge in [0.1, 0.15) is 0 Å². The smallest absolute Gasteiger partial charge is 0.328 e. The molecular weight excluding hydrogens is 380 g/mol. The van der Waals surface area contributed by atoms with Gasteiger partial charge in [0.25, 0.3) is 0 Å². The van der Waals surface area contributed by atoms with E-state index < -0.39 is 36.2 Å². The monoisotopic (exact) mass is 404 g/mol. The van der Waals surface area contributed by atoms with Gasteiger partial charge in [0, 0.05) is 13.3 Å². The topological polar surface area (TPSA) is 244 Å². The molecule has 1 aromatic heterocycles. The molecule has 1 rings (SSSR count). The Morgan fingerprint density at radius 1 is 1.25 bits per heavy atom. The molecule has 9 N–H and O–H groups in total. The molecular formula is C14H24N6O8. The van der Waals surface area contributed by atoms with E-state index in [1.165, 1.54) is 13.8 Å². The van der Waals surface area contributed by atoms with Crippen molar-refractivity contribution in [2.24, 2.45) is 11.5 Å². The summed E-state index contributed by atoms with van der Waals surface area (Å²) in [4.78, 5) is 46.0. The summed E-state index contributed by atoms with van der Waals surface area (Å²) in [6, 6.07) is -3.04. The van der Waals surface area contributed by atoms with Crippen LogP contribution in [0.2, 0.25) is 0 Å². The van der Waals surface area contributed by atoms with Gasteiger partial charge in [0.05, 0.1) is 18.7 Å². The van der Waals surface area contributed by atoms with E-state index in [4.69, 9.17) is 20.5 Å². The lowest BCUT2D eigenvalue weighted by Crippen LogP contribution is -2.51. The van der Waals surface area contributed by atoms with Gasteiger partial charge >= 0.3 is 18.0 Å². The number of hydrogen-bond donors (Lipinski definition) is 7. The highest BCUT2D eigenvalue weighted by Crippen LogP contribution is 2.12. The van der Waals surface area contributed by atoms with Crippen molar-refractivity contribution in [1.82, 2.24) is 20.8 Å². The van der Waals surface area contributed by atoms with Crippen LogP contribution in [0.1, 0.15) is 44.4 Å². The number of nitrogens with zero attached hydrogens (tertiary/aromatic N) is 2. The first-order valence-electron chi connectivity index (χ1n) is 7.95. The van der Waals surface area contributed by atoms with Gasteiger partial charge in [-0.1, -0.05) is 5.16 Å². The number of aliphatic hydroxyl groups excluding tert-OH is 1. The quantitative estimate of drug-likeness (QED) is 0.238. The predicted octanol–water partition coefficient (Wildman–Crippen LogP) is -1.94. The first-order chi connectivity index (χ1) is 12.9. The summed E-state index contributed by atoms with van der Waals surface area (Å²) in [5.41, 5.74) is 10.2. The minimum atomic E-state index is -1.47. The van der Waals surface area contributed by atoms with Crippen molar-refractivity contribution in [3.05, 3.63) is 11.7 Å². The van der Waals surface area contributed by atoms with Gasteiger partial charge in [-0.25, -0.2) is 9.59 Å². The lowest BCUT2D eigenvalue weighted by molar-refractivity contribution is -0.142. The number of primary amides is 1. The molecule has 3 unspecified atom stereocenters. The second-order valence-corrected chi connectivity index (χ2v) is 5.58. The van der Waals surface area contributed by atoms with Crippen molar-refractivity contribution in [1.29, 1.82) is 0 Å². The maximum absolute atomic E-state index is 11.6. The molecule has 158 valence electrons. The van der Waals surface area contributed by atoms with Crippen molar-refractivity contribution >= 4 is 23.9 Å². The maximum atomic E-state index is 11.6. The first kappa shape index (κ1) is 24.7. The summed E-state index contributed by atoms with van der Waals surface area (Å²) in [6.07, 6.45) is -1.31. The number of carbonyl (C=O) groups is 4. The Balaban J connectivity index is 0.00000165. The van der Waals surface area contributed by atoms with Crippen LogP contribution in [-0.2, 0) is 20.9 Å². The van der Waals surface area contributed by atoms with Crippen LogP contribution in [0.5, 0.6) is 0 Å². The number of amides is 3. The number of nitrogens with two attached hydrogens (primary N) is 2. The van der Waals surface area contributed by atoms with Crippen LogP contribution in [0, 0.1) is 0 Å². The van der Waals surface area contributed by atoms with Crippen molar-refractivity contribution in [3.8, 4) is 0 Å². The van der Waals surface area contributed by atoms with E-state index >= 15 is 0 Å². The average Bonchev–Trinajstić information content (AvgIpc) is 3.03. The molecule has 0 fully saturated rings. The third kappa shape index (κ3) is 10.7. The molecule has 3 amide bonds. The number of carbonyl (C=O) groups excluding carboxylic acids is 2. The Labute approximate surface area is 159 Å². The third-order valence-corrected chi connectivity index (χ3v) is 2.92. The normalized spacial score (nSPS) is 13.3. The Bertz CT molecular complexity index is 673. The Morgan fingerprint density at radius 3 is 2.29 bits per heavy atom. The predicted molar refractivity (Wildman–Crippen MR) is 91.4 cm³/mol. The van der Waals surface area contributed by atoms with Crippen molar-refractivity contribution < 1.29 is 39.0 Å². The molecule has 3 atom stereocenters. The zero-order valence-corrected chi connectivity index (χ0v) is 15.3. The van der Waals surface area contributed by atoms with Crippen molar-refractivity contribution in [2.75, 3.05) is 0 Å². The molecule has 1 aromatic rings. The van der Waals surface area contributed by atoms with Gasteiger partial charge in [-0.05, 0) is 13.3 Å². The number of carboxylic acids is 2. The van der Waals surface area contributed by atoms with E-state index in [1.807, 2.05) is 0 Å². The van der Waals surface area contributed by atoms with Crippen molar-refractivity contribution in [3.63, 3.8) is 0 Å². The van der Waals surface area contributed by atoms with E-state index in [0.29, 0.717) is 0 Å². The van der Waals surface area contributed by atoms with Gasteiger partial charge in [-0.2, -0.15) is 4.98 Å². The molecule has 0 spiro atoms. The number of carboxylic acid groups (broad SMARTS) is 2. The molecule has 0 saturated carbocycles. The molecule has 0 bridgehead atoms. The van der Waals surface area contributed by atoms with Gasteiger partial charge in [0.15, 0.2) is 11.9 Å². The summed E-state index contributed by atoms with van der Waals surface area (Å²) in [5, 5.41) is 34.6. The standard InChI is InChI=1S/C12H19N5O7.C2H5NO/c1-5(18)9(11(21)22)16-12(23)14-4-7-15-10(17-24-7)6(13)2-3-8(19)20;1-2(3)4/h5-6,9,18H,2-4,13H2,1H3,(H,19,20)(H,21,22)(H2,14,16,23);1H3,(H2,3,4). The zero-order valence-electron chi connectivity index (χ0n) is 15.3. The highest BCUT2D eigenvalue weighted by Gasteiger charge is 2.25. The SMILES string of the molecule is CC(N)=O.CC(O)C(NC(=O)NCc1nc(C(N)CCC(=O)O)no1)C(=O)O. The minimum absolute atomic E-state index is 0.00912. The summed E-state index contributed by atoms with van der Waals surface area (Å²) in [5.74, 6) is -2.61. The fraction of sp³-hybridized carbons (Fsp3) is 0.571. The second-order valence-electron chi connectivity index (χ2n) is 5.58. The number of nitrogens with one attached hydrogen (secondary N) is 2. The summed E-state index contributed by atoms with van der Waals surface area (Å²) < 4.78 is 4.85. The summed E-state index contributed by atoms with van der Waals surface area (Å²) in [6.45, 7) is 2.33. The Morgan fingerprint density at radius 2 is 1.82 bits per heavy atom. The number of hydrogen-bond acceptors (Lipinski definition) is 9. The highest BCUT2D eigenvalue weighted by molar-refractivity contribution is 5.82. The third-order valence-electron chi connectivity index (χ3n) is 2.92. The molecule has 14 heteroatoms. The Kier molecular flexibility index (Phi) is 10.8. The second kappa shape index (κ2) is 12.2. The van der Waals surface area contributed by atoms with Crippen LogP contribution >= 0.6 is 0 Å². The fourth-order valence-electron chi connectivity index (χ4n) is 1.64. The fourth-order valence-corrected chi connectivity index (χ4v) is 1.64. The highest BCUT2D eigenvalue weighted by atomic mass is 16.5. The van der Waals surface area contributed by atoms with E-state index in [2.05, 4.69) is 26.5 Å². The van der Waals surface area contributed by atoms with E-state index in [9.17, 15) is 24.3 Å². The molecule has 0 aliphatic heterocycles. The largest absolute Gasteiger partial charge is 0.481 e. The van der Waals surface area contributed by atoms with Crippen LogP contribution in [-0.4, -0.2) is 61.5 Å². The molecule has 0 aliphatic rings. The molecule has 0 aromatic carbocycles. The number of urea groups is 1. The average molecular weight is 404 g/mol. The van der Waals surface area contributed by atoms with Crippen LogP contribution < -0.4 is 22.1 Å². The van der Waals surface area contributed by atoms with Gasteiger partial charge < -0.3 is 41.9 Å². The molecule has 0 aliphatic carbocycles. The van der Waals surface area contributed by atoms with Crippen molar-refractivity contribution in [2.45, 2.75) is 51.4 Å². The lowest BCUT2D eigenvalue weighted by atomic mass is 10.1. The summed E-state index contributed by atoms with van der Waals surface area (Å²) in [7, 11) is 0. The van der Waals surface area contributed by atoms with E-state index in [-0.39, 0.29) is 37.0 Å². The van der Waals surface area contributed by atoms with Gasteiger partial charge in [-0.3, -0.25) is 9.59 Å². The number of rotatable bonds is 9. The van der Waals surface area contributed by atoms with Crippen LogP contribution in [0.15, 0.2) is 4.52 Å². The number of aliphatic hydroxyl groups is 1. The molecule has 0 radical (unpaired) electrons. The van der Waals surface area contributed by atoms with Crippen LogP contribution in [0.25, 0.3) is 0 Å².